The van der Waals surface area contributed by atoms with Crippen molar-refractivity contribution < 1.29 is 9.53 Å². The SMILES string of the molecule is CCNc1ccc2c(n1)N(C)CCN(c1cccc(O[C@@H](CCNC)c3cccs3)c1)C2=O. The van der Waals surface area contributed by atoms with Crippen LogP contribution in [0.3, 0.4) is 0 Å². The summed E-state index contributed by atoms with van der Waals surface area (Å²) in [5, 5.41) is 8.50. The maximum atomic E-state index is 13.5. The van der Waals surface area contributed by atoms with E-state index in [1.807, 2.05) is 73.3 Å². The molecule has 3 aromatic rings. The molecule has 174 valence electrons. The van der Waals surface area contributed by atoms with Gasteiger partial charge in [0.15, 0.2) is 0 Å². The van der Waals surface area contributed by atoms with Gasteiger partial charge >= 0.3 is 0 Å². The van der Waals surface area contributed by atoms with Crippen molar-refractivity contribution in [3.63, 3.8) is 0 Å². The van der Waals surface area contributed by atoms with Crippen LogP contribution >= 0.6 is 11.3 Å². The van der Waals surface area contributed by atoms with Gasteiger partial charge in [-0.05, 0) is 56.2 Å². The summed E-state index contributed by atoms with van der Waals surface area (Å²) in [6.45, 7) is 4.92. The number of ether oxygens (including phenoxy) is 1. The second-order valence-electron chi connectivity index (χ2n) is 7.99. The van der Waals surface area contributed by atoms with Gasteiger partial charge in [-0.3, -0.25) is 4.79 Å². The number of carbonyl (C=O) groups excluding carboxylic acids is 1. The van der Waals surface area contributed by atoms with Crippen molar-refractivity contribution in [3.8, 4) is 5.75 Å². The minimum atomic E-state index is -0.0490. The van der Waals surface area contributed by atoms with Crippen molar-refractivity contribution in [1.82, 2.24) is 10.3 Å². The first-order chi connectivity index (χ1) is 16.1. The Morgan fingerprint density at radius 2 is 2.06 bits per heavy atom. The Morgan fingerprint density at radius 1 is 1.18 bits per heavy atom. The molecule has 1 aromatic carbocycles. The quantitative estimate of drug-likeness (QED) is 0.488. The highest BCUT2D eigenvalue weighted by molar-refractivity contribution is 7.10. The van der Waals surface area contributed by atoms with Crippen LogP contribution in [0.4, 0.5) is 17.3 Å². The van der Waals surface area contributed by atoms with E-state index in [4.69, 9.17) is 4.74 Å². The number of thiophene rings is 1. The van der Waals surface area contributed by atoms with Gasteiger partial charge in [0.25, 0.3) is 5.91 Å². The first kappa shape index (κ1) is 23.1. The molecule has 0 spiro atoms. The maximum Gasteiger partial charge on any atom is 0.262 e. The van der Waals surface area contributed by atoms with Crippen molar-refractivity contribution in [3.05, 3.63) is 64.4 Å². The fraction of sp³-hybridized carbons (Fsp3) is 0.360. The summed E-state index contributed by atoms with van der Waals surface area (Å²) < 4.78 is 6.39. The molecule has 2 aromatic heterocycles. The number of hydrogen-bond acceptors (Lipinski definition) is 7. The molecule has 0 fully saturated rings. The number of pyridine rings is 1. The van der Waals surface area contributed by atoms with Crippen molar-refractivity contribution >= 4 is 34.6 Å². The fourth-order valence-corrected chi connectivity index (χ4v) is 4.72. The molecule has 7 nitrogen and oxygen atoms in total. The lowest BCUT2D eigenvalue weighted by Crippen LogP contribution is -2.33. The average Bonchev–Trinajstić information content (AvgIpc) is 3.33. The largest absolute Gasteiger partial charge is 0.485 e. The fourth-order valence-electron chi connectivity index (χ4n) is 3.93. The van der Waals surface area contributed by atoms with E-state index in [0.717, 1.165) is 36.8 Å². The van der Waals surface area contributed by atoms with Crippen LogP contribution < -0.4 is 25.2 Å². The third-order valence-corrected chi connectivity index (χ3v) is 6.62. The molecule has 0 unspecified atom stereocenters. The van der Waals surface area contributed by atoms with E-state index in [0.29, 0.717) is 24.5 Å². The predicted molar refractivity (Wildman–Crippen MR) is 136 cm³/mol. The number of anilines is 3. The Morgan fingerprint density at radius 3 is 2.82 bits per heavy atom. The summed E-state index contributed by atoms with van der Waals surface area (Å²) in [7, 11) is 3.92. The predicted octanol–water partition coefficient (Wildman–Crippen LogP) is 4.40. The number of likely N-dealkylation sites (N-methyl/N-ethyl adjacent to an activating group) is 1. The number of nitrogens with zero attached hydrogens (tertiary/aromatic N) is 3. The Hall–Kier alpha value is -3.10. The molecule has 0 saturated carbocycles. The van der Waals surface area contributed by atoms with Gasteiger partial charge in [-0.25, -0.2) is 4.98 Å². The van der Waals surface area contributed by atoms with Crippen LogP contribution in [0.2, 0.25) is 0 Å². The topological polar surface area (TPSA) is 69.7 Å². The standard InChI is InChI=1S/C25H31N5O2S/c1-4-27-23-11-10-20-24(28-23)29(3)14-15-30(25(20)31)18-7-5-8-19(17-18)32-21(12-13-26-2)22-9-6-16-33-22/h5-11,16-17,21,26H,4,12-15H2,1-3H3,(H,27,28)/t21-/m0/s1. The molecule has 0 bridgehead atoms. The number of fused-ring (bicyclic) bond motifs is 1. The van der Waals surface area contributed by atoms with Gasteiger partial charge in [0.2, 0.25) is 0 Å². The molecular weight excluding hydrogens is 434 g/mol. The van der Waals surface area contributed by atoms with Crippen molar-refractivity contribution in [1.29, 1.82) is 0 Å². The summed E-state index contributed by atoms with van der Waals surface area (Å²) in [5.74, 6) is 2.19. The van der Waals surface area contributed by atoms with Gasteiger partial charge in [0.1, 0.15) is 23.5 Å². The van der Waals surface area contributed by atoms with E-state index in [2.05, 4.69) is 27.1 Å². The molecule has 1 atom stereocenters. The Labute approximate surface area is 199 Å². The molecule has 0 radical (unpaired) electrons. The average molecular weight is 466 g/mol. The van der Waals surface area contributed by atoms with E-state index in [1.165, 1.54) is 4.88 Å². The zero-order valence-corrected chi connectivity index (χ0v) is 20.2. The van der Waals surface area contributed by atoms with Crippen LogP contribution in [0.15, 0.2) is 53.9 Å². The second-order valence-corrected chi connectivity index (χ2v) is 8.97. The highest BCUT2D eigenvalue weighted by Gasteiger charge is 2.27. The van der Waals surface area contributed by atoms with Crippen molar-refractivity contribution in [2.45, 2.75) is 19.4 Å². The first-order valence-electron chi connectivity index (χ1n) is 11.3. The summed E-state index contributed by atoms with van der Waals surface area (Å²) in [4.78, 5) is 23.2. The number of amides is 1. The van der Waals surface area contributed by atoms with E-state index < -0.39 is 0 Å². The van der Waals surface area contributed by atoms with E-state index in [1.54, 1.807) is 11.3 Å². The van der Waals surface area contributed by atoms with Crippen molar-refractivity contribution in [2.24, 2.45) is 0 Å². The molecule has 1 aliphatic heterocycles. The van der Waals surface area contributed by atoms with Gasteiger partial charge < -0.3 is 25.2 Å². The molecule has 3 heterocycles. The lowest BCUT2D eigenvalue weighted by molar-refractivity contribution is 0.0990. The molecule has 8 heteroatoms. The highest BCUT2D eigenvalue weighted by atomic mass is 32.1. The van der Waals surface area contributed by atoms with Crippen LogP contribution in [-0.2, 0) is 0 Å². The van der Waals surface area contributed by atoms with Crippen LogP contribution in [0.25, 0.3) is 0 Å². The minimum absolute atomic E-state index is 0.0342. The Kier molecular flexibility index (Phi) is 7.47. The molecule has 2 N–H and O–H groups in total. The molecule has 0 saturated heterocycles. The summed E-state index contributed by atoms with van der Waals surface area (Å²) >= 11 is 1.70. The van der Waals surface area contributed by atoms with Gasteiger partial charge in [-0.2, -0.15) is 0 Å². The van der Waals surface area contributed by atoms with Gasteiger partial charge in [0.05, 0.1) is 5.56 Å². The Bertz CT molecular complexity index is 1070. The zero-order chi connectivity index (χ0) is 23.2. The molecule has 1 aliphatic rings. The van der Waals surface area contributed by atoms with E-state index >= 15 is 0 Å². The molecule has 33 heavy (non-hydrogen) atoms. The van der Waals surface area contributed by atoms with Crippen LogP contribution in [-0.4, -0.2) is 51.2 Å². The van der Waals surface area contributed by atoms with Gasteiger partial charge in [-0.1, -0.05) is 12.1 Å². The summed E-state index contributed by atoms with van der Waals surface area (Å²) in [5.41, 5.74) is 1.43. The second kappa shape index (κ2) is 10.7. The van der Waals surface area contributed by atoms with Crippen LogP contribution in [0.5, 0.6) is 5.75 Å². The monoisotopic (exact) mass is 465 g/mol. The molecule has 1 amide bonds. The number of aromatic nitrogens is 1. The highest BCUT2D eigenvalue weighted by Crippen LogP contribution is 2.32. The number of carbonyl (C=O) groups is 1. The maximum absolute atomic E-state index is 13.5. The lowest BCUT2D eigenvalue weighted by atomic mass is 10.2. The third-order valence-electron chi connectivity index (χ3n) is 5.65. The Balaban J connectivity index is 1.59. The normalized spacial score (nSPS) is 14.6. The first-order valence-corrected chi connectivity index (χ1v) is 12.2. The number of nitrogens with one attached hydrogen (secondary N) is 2. The lowest BCUT2D eigenvalue weighted by Gasteiger charge is -2.23. The minimum Gasteiger partial charge on any atom is -0.485 e. The van der Waals surface area contributed by atoms with Crippen molar-refractivity contribution in [2.75, 3.05) is 55.4 Å². The third kappa shape index (κ3) is 5.29. The molecule has 0 aliphatic carbocycles. The number of hydrogen-bond donors (Lipinski definition) is 2. The van der Waals surface area contributed by atoms with E-state index in [9.17, 15) is 4.79 Å². The van der Waals surface area contributed by atoms with Gasteiger partial charge in [0, 0.05) is 49.7 Å². The van der Waals surface area contributed by atoms with Crippen LogP contribution in [0, 0.1) is 0 Å². The van der Waals surface area contributed by atoms with Crippen LogP contribution in [0.1, 0.15) is 34.7 Å². The van der Waals surface area contributed by atoms with E-state index in [-0.39, 0.29) is 12.0 Å². The number of rotatable bonds is 9. The summed E-state index contributed by atoms with van der Waals surface area (Å²) in [6, 6.07) is 15.7. The molecular formula is C25H31N5O2S. The zero-order valence-electron chi connectivity index (χ0n) is 19.4. The smallest absolute Gasteiger partial charge is 0.262 e. The van der Waals surface area contributed by atoms with Gasteiger partial charge in [-0.15, -0.1) is 11.3 Å². The number of benzene rings is 1. The summed E-state index contributed by atoms with van der Waals surface area (Å²) in [6.07, 6.45) is 0.829. The molecule has 4 rings (SSSR count).